The molecule has 0 fully saturated rings. The van der Waals surface area contributed by atoms with Crippen molar-refractivity contribution in [3.05, 3.63) is 89.1 Å². The maximum atomic E-state index is 13.0. The summed E-state index contributed by atoms with van der Waals surface area (Å²) < 4.78 is 18.2. The molecule has 3 aromatic rings. The van der Waals surface area contributed by atoms with Crippen molar-refractivity contribution in [2.75, 3.05) is 11.4 Å². The zero-order valence-electron chi connectivity index (χ0n) is 15.7. The fourth-order valence-corrected chi connectivity index (χ4v) is 2.92. The average Bonchev–Trinajstić information content (AvgIpc) is 3.19. The average molecular weight is 380 g/mol. The monoisotopic (exact) mass is 380 g/mol. The summed E-state index contributed by atoms with van der Waals surface area (Å²) in [5.74, 6) is -0.902. The van der Waals surface area contributed by atoms with Gasteiger partial charge in [0.1, 0.15) is 12.4 Å². The molecule has 0 aliphatic heterocycles. The molecule has 144 valence electrons. The van der Waals surface area contributed by atoms with Crippen LogP contribution in [0.4, 0.5) is 10.1 Å². The molecule has 28 heavy (non-hydrogen) atoms. The molecule has 0 bridgehead atoms. The SMILES string of the molecule is Cc1cc(C)cc(N(CC(=O)NCc2ccc(F)cc2)C(=O)c2ccco2)c1. The van der Waals surface area contributed by atoms with Crippen LogP contribution in [0.25, 0.3) is 0 Å². The molecule has 1 aromatic heterocycles. The van der Waals surface area contributed by atoms with E-state index >= 15 is 0 Å². The van der Waals surface area contributed by atoms with Gasteiger partial charge in [0, 0.05) is 12.2 Å². The Balaban J connectivity index is 1.77. The topological polar surface area (TPSA) is 62.6 Å². The first-order valence-electron chi connectivity index (χ1n) is 8.87. The molecular weight excluding hydrogens is 359 g/mol. The number of nitrogens with one attached hydrogen (secondary N) is 1. The van der Waals surface area contributed by atoms with Crippen LogP contribution in [-0.2, 0) is 11.3 Å². The van der Waals surface area contributed by atoms with Crippen molar-refractivity contribution in [1.82, 2.24) is 5.32 Å². The fraction of sp³-hybridized carbons (Fsp3) is 0.182. The predicted octanol–water partition coefficient (Wildman–Crippen LogP) is 4.00. The first-order chi connectivity index (χ1) is 13.4. The molecule has 0 spiro atoms. The highest BCUT2D eigenvalue weighted by Crippen LogP contribution is 2.21. The maximum Gasteiger partial charge on any atom is 0.294 e. The van der Waals surface area contributed by atoms with Gasteiger partial charge in [-0.05, 0) is 66.9 Å². The van der Waals surface area contributed by atoms with E-state index < -0.39 is 5.91 Å². The van der Waals surface area contributed by atoms with Gasteiger partial charge in [-0.15, -0.1) is 0 Å². The Kier molecular flexibility index (Phi) is 5.89. The number of rotatable bonds is 6. The van der Waals surface area contributed by atoms with E-state index in [0.29, 0.717) is 5.69 Å². The molecule has 2 aromatic carbocycles. The highest BCUT2D eigenvalue weighted by atomic mass is 19.1. The predicted molar refractivity (Wildman–Crippen MR) is 105 cm³/mol. The lowest BCUT2D eigenvalue weighted by atomic mass is 10.1. The number of amides is 2. The molecule has 0 aliphatic carbocycles. The quantitative estimate of drug-likeness (QED) is 0.703. The van der Waals surface area contributed by atoms with E-state index in [1.807, 2.05) is 32.0 Å². The summed E-state index contributed by atoms with van der Waals surface area (Å²) in [6.45, 7) is 3.94. The van der Waals surface area contributed by atoms with Gasteiger partial charge in [0.05, 0.1) is 6.26 Å². The summed E-state index contributed by atoms with van der Waals surface area (Å²) in [5.41, 5.74) is 3.36. The molecule has 1 heterocycles. The van der Waals surface area contributed by atoms with E-state index in [9.17, 15) is 14.0 Å². The second kappa shape index (κ2) is 8.52. The minimum Gasteiger partial charge on any atom is -0.459 e. The van der Waals surface area contributed by atoms with Gasteiger partial charge in [0.15, 0.2) is 5.76 Å². The molecule has 3 rings (SSSR count). The van der Waals surface area contributed by atoms with Crippen LogP contribution in [0.1, 0.15) is 27.2 Å². The molecule has 1 N–H and O–H groups in total. The van der Waals surface area contributed by atoms with Gasteiger partial charge in [0.25, 0.3) is 5.91 Å². The minimum absolute atomic E-state index is 0.158. The van der Waals surface area contributed by atoms with Crippen molar-refractivity contribution >= 4 is 17.5 Å². The van der Waals surface area contributed by atoms with E-state index in [-0.39, 0.29) is 30.6 Å². The second-order valence-electron chi connectivity index (χ2n) is 6.62. The van der Waals surface area contributed by atoms with Crippen LogP contribution in [-0.4, -0.2) is 18.4 Å². The molecule has 0 saturated carbocycles. The third-order valence-corrected chi connectivity index (χ3v) is 4.20. The number of benzene rings is 2. The van der Waals surface area contributed by atoms with E-state index in [1.165, 1.54) is 23.3 Å². The number of furan rings is 1. The van der Waals surface area contributed by atoms with Gasteiger partial charge in [-0.2, -0.15) is 0 Å². The number of carbonyl (C=O) groups is 2. The Morgan fingerprint density at radius 3 is 2.32 bits per heavy atom. The molecule has 0 radical (unpaired) electrons. The Bertz CT molecular complexity index is 946. The largest absolute Gasteiger partial charge is 0.459 e. The first kappa shape index (κ1) is 19.4. The van der Waals surface area contributed by atoms with Gasteiger partial charge in [-0.1, -0.05) is 18.2 Å². The number of carbonyl (C=O) groups excluding carboxylic acids is 2. The molecule has 6 heteroatoms. The molecule has 0 saturated heterocycles. The van der Waals surface area contributed by atoms with Crippen molar-refractivity contribution in [2.45, 2.75) is 20.4 Å². The smallest absolute Gasteiger partial charge is 0.294 e. The second-order valence-corrected chi connectivity index (χ2v) is 6.62. The molecule has 0 aliphatic rings. The van der Waals surface area contributed by atoms with Crippen LogP contribution in [0.15, 0.2) is 65.3 Å². The number of nitrogens with zero attached hydrogens (tertiary/aromatic N) is 1. The van der Waals surface area contributed by atoms with E-state index in [1.54, 1.807) is 24.3 Å². The fourth-order valence-electron chi connectivity index (χ4n) is 2.92. The van der Waals surface area contributed by atoms with Crippen LogP contribution >= 0.6 is 0 Å². The standard InChI is InChI=1S/C22H21FN2O3/c1-15-10-16(2)12-19(11-15)25(22(27)20-4-3-9-28-20)14-21(26)24-13-17-5-7-18(23)8-6-17/h3-12H,13-14H2,1-2H3,(H,24,26). The van der Waals surface area contributed by atoms with Crippen molar-refractivity contribution in [1.29, 1.82) is 0 Å². The van der Waals surface area contributed by atoms with E-state index in [2.05, 4.69) is 5.32 Å². The third kappa shape index (κ3) is 4.85. The van der Waals surface area contributed by atoms with E-state index in [4.69, 9.17) is 4.42 Å². The van der Waals surface area contributed by atoms with Crippen LogP contribution in [0.5, 0.6) is 0 Å². The van der Waals surface area contributed by atoms with Gasteiger partial charge < -0.3 is 9.73 Å². The lowest BCUT2D eigenvalue weighted by molar-refractivity contribution is -0.119. The van der Waals surface area contributed by atoms with Crippen LogP contribution < -0.4 is 10.2 Å². The summed E-state index contributed by atoms with van der Waals surface area (Å²) in [5, 5.41) is 2.76. The number of aryl methyl sites for hydroxylation is 2. The molecule has 0 atom stereocenters. The van der Waals surface area contributed by atoms with Gasteiger partial charge in [0.2, 0.25) is 5.91 Å². The van der Waals surface area contributed by atoms with Gasteiger partial charge >= 0.3 is 0 Å². The summed E-state index contributed by atoms with van der Waals surface area (Å²) in [7, 11) is 0. The Morgan fingerprint density at radius 2 is 1.71 bits per heavy atom. The Morgan fingerprint density at radius 1 is 1.04 bits per heavy atom. The molecule has 2 amide bonds. The lowest BCUT2D eigenvalue weighted by Crippen LogP contribution is -2.40. The zero-order chi connectivity index (χ0) is 20.1. The number of halogens is 1. The van der Waals surface area contributed by atoms with Crippen molar-refractivity contribution in [3.8, 4) is 0 Å². The highest BCUT2D eigenvalue weighted by Gasteiger charge is 2.23. The van der Waals surface area contributed by atoms with E-state index in [0.717, 1.165) is 16.7 Å². The summed E-state index contributed by atoms with van der Waals surface area (Å²) >= 11 is 0. The lowest BCUT2D eigenvalue weighted by Gasteiger charge is -2.22. The number of anilines is 1. The molecule has 0 unspecified atom stereocenters. The Labute approximate surface area is 162 Å². The zero-order valence-corrected chi connectivity index (χ0v) is 15.7. The summed E-state index contributed by atoms with van der Waals surface area (Å²) in [6.07, 6.45) is 1.42. The maximum absolute atomic E-state index is 13.0. The molecular formula is C22H21FN2O3. The van der Waals surface area contributed by atoms with Crippen molar-refractivity contribution in [2.24, 2.45) is 0 Å². The highest BCUT2D eigenvalue weighted by molar-refractivity contribution is 6.07. The first-order valence-corrected chi connectivity index (χ1v) is 8.87. The van der Waals surface area contributed by atoms with Crippen LogP contribution in [0, 0.1) is 19.7 Å². The van der Waals surface area contributed by atoms with Gasteiger partial charge in [-0.25, -0.2) is 4.39 Å². The van der Waals surface area contributed by atoms with Crippen molar-refractivity contribution < 1.29 is 18.4 Å². The van der Waals surface area contributed by atoms with Crippen LogP contribution in [0.3, 0.4) is 0 Å². The van der Waals surface area contributed by atoms with Crippen LogP contribution in [0.2, 0.25) is 0 Å². The van der Waals surface area contributed by atoms with Gasteiger partial charge in [-0.3, -0.25) is 14.5 Å². The number of hydrogen-bond donors (Lipinski definition) is 1. The third-order valence-electron chi connectivity index (χ3n) is 4.20. The summed E-state index contributed by atoms with van der Waals surface area (Å²) in [6, 6.07) is 14.8. The Hall–Kier alpha value is -3.41. The van der Waals surface area contributed by atoms with Crippen molar-refractivity contribution in [3.63, 3.8) is 0 Å². The summed E-state index contributed by atoms with van der Waals surface area (Å²) in [4.78, 5) is 26.8. The molecule has 5 nitrogen and oxygen atoms in total. The minimum atomic E-state index is -0.396. The normalized spacial score (nSPS) is 10.5. The number of hydrogen-bond acceptors (Lipinski definition) is 3.